The van der Waals surface area contributed by atoms with Gasteiger partial charge in [0.1, 0.15) is 0 Å². The van der Waals surface area contributed by atoms with Gasteiger partial charge in [0.05, 0.1) is 0 Å². The number of amides is 2. The molecule has 0 spiro atoms. The van der Waals surface area contributed by atoms with Crippen molar-refractivity contribution in [1.29, 1.82) is 0 Å². The molecule has 1 aliphatic rings. The number of nitrogens with two attached hydrogens (primary N) is 1. The number of hydrogen-bond acceptors (Lipinski definition) is 3. The first kappa shape index (κ1) is 17.5. The Bertz CT molecular complexity index is 512. The fourth-order valence-electron chi connectivity index (χ4n) is 2.99. The first-order valence-corrected chi connectivity index (χ1v) is 8.44. The Hall–Kier alpha value is -1.88. The molecule has 5 heteroatoms. The maximum absolute atomic E-state index is 12.0. The summed E-state index contributed by atoms with van der Waals surface area (Å²) in [4.78, 5) is 24.0. The van der Waals surface area contributed by atoms with Gasteiger partial charge in [-0.25, -0.2) is 0 Å². The van der Waals surface area contributed by atoms with Crippen molar-refractivity contribution in [3.8, 4) is 0 Å². The van der Waals surface area contributed by atoms with Crippen LogP contribution in [0.4, 0.5) is 0 Å². The van der Waals surface area contributed by atoms with E-state index in [1.807, 2.05) is 37.3 Å². The largest absolute Gasteiger partial charge is 0.354 e. The highest BCUT2D eigenvalue weighted by Gasteiger charge is 2.24. The average Bonchev–Trinajstić information content (AvgIpc) is 3.08. The molecule has 1 fully saturated rings. The molecule has 1 aromatic carbocycles. The van der Waals surface area contributed by atoms with E-state index in [0.717, 1.165) is 31.2 Å². The lowest BCUT2D eigenvalue weighted by molar-refractivity contribution is -0.126. The molecule has 2 rings (SSSR count). The van der Waals surface area contributed by atoms with Crippen molar-refractivity contribution in [3.05, 3.63) is 35.9 Å². The van der Waals surface area contributed by atoms with Crippen molar-refractivity contribution in [2.45, 2.75) is 51.1 Å². The molecule has 2 amide bonds. The summed E-state index contributed by atoms with van der Waals surface area (Å²) in [6.45, 7) is 2.26. The standard InChI is InChI=1S/C18H27N3O2/c1-13(21-18(23)15-9-5-6-10-15)11-17(22)20-12-16(19)14-7-3-2-4-8-14/h2-4,7-8,13,15-16H,5-6,9-12,19H2,1H3,(H,20,22)(H,21,23). The van der Waals surface area contributed by atoms with Gasteiger partial charge >= 0.3 is 0 Å². The molecule has 126 valence electrons. The van der Waals surface area contributed by atoms with E-state index in [4.69, 9.17) is 5.73 Å². The Morgan fingerprint density at radius 1 is 1.22 bits per heavy atom. The second-order valence-electron chi connectivity index (χ2n) is 6.42. The molecule has 1 aliphatic carbocycles. The summed E-state index contributed by atoms with van der Waals surface area (Å²) in [6.07, 6.45) is 4.47. The third kappa shape index (κ3) is 5.67. The summed E-state index contributed by atoms with van der Waals surface area (Å²) in [7, 11) is 0. The van der Waals surface area contributed by atoms with Crippen LogP contribution in [0.5, 0.6) is 0 Å². The van der Waals surface area contributed by atoms with Gasteiger partial charge in [-0.15, -0.1) is 0 Å². The Morgan fingerprint density at radius 2 is 1.87 bits per heavy atom. The van der Waals surface area contributed by atoms with Crippen molar-refractivity contribution in [2.75, 3.05) is 6.54 Å². The number of hydrogen-bond donors (Lipinski definition) is 3. The highest BCUT2D eigenvalue weighted by atomic mass is 16.2. The van der Waals surface area contributed by atoms with E-state index in [0.29, 0.717) is 6.54 Å². The maximum atomic E-state index is 12.0. The molecule has 1 saturated carbocycles. The van der Waals surface area contributed by atoms with Gasteiger partial charge in [0.25, 0.3) is 0 Å². The Kier molecular flexibility index (Phi) is 6.59. The Morgan fingerprint density at radius 3 is 2.52 bits per heavy atom. The second-order valence-corrected chi connectivity index (χ2v) is 6.42. The van der Waals surface area contributed by atoms with Gasteiger partial charge in [-0.05, 0) is 25.3 Å². The van der Waals surface area contributed by atoms with Crippen LogP contribution in [0.25, 0.3) is 0 Å². The summed E-state index contributed by atoms with van der Waals surface area (Å²) in [5.41, 5.74) is 7.05. The highest BCUT2D eigenvalue weighted by Crippen LogP contribution is 2.24. The van der Waals surface area contributed by atoms with Gasteiger partial charge in [-0.2, -0.15) is 0 Å². The van der Waals surface area contributed by atoms with Gasteiger partial charge in [0.15, 0.2) is 0 Å². The van der Waals surface area contributed by atoms with Gasteiger partial charge in [0.2, 0.25) is 11.8 Å². The van der Waals surface area contributed by atoms with Crippen molar-refractivity contribution in [3.63, 3.8) is 0 Å². The monoisotopic (exact) mass is 317 g/mol. The van der Waals surface area contributed by atoms with E-state index in [1.54, 1.807) is 0 Å². The minimum atomic E-state index is -0.219. The van der Waals surface area contributed by atoms with E-state index in [1.165, 1.54) is 0 Å². The lowest BCUT2D eigenvalue weighted by Gasteiger charge is -2.18. The molecule has 0 bridgehead atoms. The molecule has 0 heterocycles. The zero-order valence-corrected chi connectivity index (χ0v) is 13.8. The molecular formula is C18H27N3O2. The summed E-state index contributed by atoms with van der Waals surface area (Å²) in [6, 6.07) is 9.31. The normalized spacial score (nSPS) is 17.5. The summed E-state index contributed by atoms with van der Waals surface area (Å²) in [5.74, 6) is 0.131. The number of rotatable bonds is 7. The van der Waals surface area contributed by atoms with Crippen LogP contribution in [-0.2, 0) is 9.59 Å². The minimum Gasteiger partial charge on any atom is -0.354 e. The smallest absolute Gasteiger partial charge is 0.223 e. The van der Waals surface area contributed by atoms with E-state index in [9.17, 15) is 9.59 Å². The topological polar surface area (TPSA) is 84.2 Å². The molecule has 2 unspecified atom stereocenters. The lowest BCUT2D eigenvalue weighted by Crippen LogP contribution is -2.40. The third-order valence-electron chi connectivity index (χ3n) is 4.35. The van der Waals surface area contributed by atoms with Crippen LogP contribution in [-0.4, -0.2) is 24.4 Å². The molecule has 0 radical (unpaired) electrons. The molecular weight excluding hydrogens is 290 g/mol. The molecule has 23 heavy (non-hydrogen) atoms. The van der Waals surface area contributed by atoms with Crippen LogP contribution in [0.1, 0.15) is 50.6 Å². The first-order chi connectivity index (χ1) is 11.1. The van der Waals surface area contributed by atoms with Crippen LogP contribution in [0, 0.1) is 5.92 Å². The predicted molar refractivity (Wildman–Crippen MR) is 90.6 cm³/mol. The highest BCUT2D eigenvalue weighted by molar-refractivity contribution is 5.81. The van der Waals surface area contributed by atoms with Gasteiger partial charge in [-0.1, -0.05) is 43.2 Å². The van der Waals surface area contributed by atoms with Crippen molar-refractivity contribution < 1.29 is 9.59 Å². The van der Waals surface area contributed by atoms with Crippen LogP contribution >= 0.6 is 0 Å². The lowest BCUT2D eigenvalue weighted by atomic mass is 10.1. The van der Waals surface area contributed by atoms with E-state index in [-0.39, 0.29) is 36.2 Å². The van der Waals surface area contributed by atoms with E-state index in [2.05, 4.69) is 10.6 Å². The number of nitrogens with one attached hydrogen (secondary N) is 2. The van der Waals surface area contributed by atoms with Gasteiger partial charge in [0, 0.05) is 31.0 Å². The molecule has 4 N–H and O–H groups in total. The van der Waals surface area contributed by atoms with Crippen LogP contribution < -0.4 is 16.4 Å². The van der Waals surface area contributed by atoms with Crippen LogP contribution in [0.3, 0.4) is 0 Å². The van der Waals surface area contributed by atoms with Crippen LogP contribution in [0.15, 0.2) is 30.3 Å². The van der Waals surface area contributed by atoms with Crippen molar-refractivity contribution >= 4 is 11.8 Å². The molecule has 5 nitrogen and oxygen atoms in total. The Balaban J connectivity index is 1.68. The summed E-state index contributed by atoms with van der Waals surface area (Å²) >= 11 is 0. The number of carbonyl (C=O) groups is 2. The summed E-state index contributed by atoms with van der Waals surface area (Å²) < 4.78 is 0. The van der Waals surface area contributed by atoms with Gasteiger partial charge < -0.3 is 16.4 Å². The molecule has 2 atom stereocenters. The summed E-state index contributed by atoms with van der Waals surface area (Å²) in [5, 5.41) is 5.78. The first-order valence-electron chi connectivity index (χ1n) is 8.44. The fourth-order valence-corrected chi connectivity index (χ4v) is 2.99. The average molecular weight is 317 g/mol. The fraction of sp³-hybridized carbons (Fsp3) is 0.556. The molecule has 0 aliphatic heterocycles. The van der Waals surface area contributed by atoms with E-state index >= 15 is 0 Å². The Labute approximate surface area is 138 Å². The molecule has 0 aromatic heterocycles. The zero-order chi connectivity index (χ0) is 16.7. The SMILES string of the molecule is CC(CC(=O)NCC(N)c1ccccc1)NC(=O)C1CCCC1. The predicted octanol–water partition coefficient (Wildman–Crippen LogP) is 1.89. The maximum Gasteiger partial charge on any atom is 0.223 e. The van der Waals surface area contributed by atoms with Crippen LogP contribution in [0.2, 0.25) is 0 Å². The third-order valence-corrected chi connectivity index (χ3v) is 4.35. The number of benzene rings is 1. The second kappa shape index (κ2) is 8.67. The number of carbonyl (C=O) groups excluding carboxylic acids is 2. The quantitative estimate of drug-likeness (QED) is 0.718. The van der Waals surface area contributed by atoms with Crippen molar-refractivity contribution in [2.24, 2.45) is 11.7 Å². The minimum absolute atomic E-state index is 0.0868. The van der Waals surface area contributed by atoms with Gasteiger partial charge in [-0.3, -0.25) is 9.59 Å². The molecule has 1 aromatic rings. The molecule has 0 saturated heterocycles. The van der Waals surface area contributed by atoms with Crippen molar-refractivity contribution in [1.82, 2.24) is 10.6 Å². The zero-order valence-electron chi connectivity index (χ0n) is 13.8. The van der Waals surface area contributed by atoms with E-state index < -0.39 is 0 Å².